The van der Waals surface area contributed by atoms with E-state index in [1.807, 2.05) is 39.8 Å². The Balaban J connectivity index is 1.65. The molecule has 1 saturated heterocycles. The van der Waals surface area contributed by atoms with E-state index < -0.39 is 5.41 Å². The third kappa shape index (κ3) is 4.49. The summed E-state index contributed by atoms with van der Waals surface area (Å²) in [5.41, 5.74) is 0.333. The normalized spacial score (nSPS) is 18.5. The number of nitrogens with zero attached hydrogens (tertiary/aromatic N) is 1. The summed E-state index contributed by atoms with van der Waals surface area (Å²) in [5.74, 6) is 1.01. The van der Waals surface area contributed by atoms with Gasteiger partial charge in [0.25, 0.3) is 0 Å². The highest BCUT2D eigenvalue weighted by Gasteiger charge is 2.31. The van der Waals surface area contributed by atoms with Crippen molar-refractivity contribution < 1.29 is 23.9 Å². The van der Waals surface area contributed by atoms with Crippen LogP contribution in [-0.4, -0.2) is 41.6 Å². The minimum absolute atomic E-state index is 0.0798. The molecule has 7 nitrogen and oxygen atoms in total. The van der Waals surface area contributed by atoms with Gasteiger partial charge in [-0.1, -0.05) is 38.6 Å². The van der Waals surface area contributed by atoms with Crippen LogP contribution >= 0.6 is 11.8 Å². The van der Waals surface area contributed by atoms with Crippen molar-refractivity contribution in [1.82, 2.24) is 10.2 Å². The van der Waals surface area contributed by atoms with Crippen LogP contribution in [0.1, 0.15) is 39.3 Å². The number of carbonyl (C=O) groups excluding carboxylic acids is 3. The highest BCUT2D eigenvalue weighted by atomic mass is 32.2. The van der Waals surface area contributed by atoms with Crippen LogP contribution in [0.25, 0.3) is 0 Å². The van der Waals surface area contributed by atoms with Crippen LogP contribution in [0, 0.1) is 5.41 Å². The Morgan fingerprint density at radius 3 is 2.71 bits per heavy atom. The lowest BCUT2D eigenvalue weighted by Crippen LogP contribution is -2.38. The summed E-state index contributed by atoms with van der Waals surface area (Å²) in [4.78, 5) is 38.3. The zero-order valence-corrected chi connectivity index (χ0v) is 17.2. The number of ether oxygens (including phenoxy) is 2. The van der Waals surface area contributed by atoms with E-state index >= 15 is 0 Å². The van der Waals surface area contributed by atoms with E-state index in [0.717, 1.165) is 5.56 Å². The number of carbonyl (C=O) groups is 3. The second-order valence-corrected chi connectivity index (χ2v) is 8.76. The van der Waals surface area contributed by atoms with Gasteiger partial charge in [0.05, 0.1) is 16.8 Å². The number of fused-ring (bicyclic) bond motifs is 1. The van der Waals surface area contributed by atoms with Crippen LogP contribution in [0.3, 0.4) is 0 Å². The molecule has 0 radical (unpaired) electrons. The van der Waals surface area contributed by atoms with Crippen LogP contribution in [0.4, 0.5) is 0 Å². The van der Waals surface area contributed by atoms with Crippen LogP contribution in [0.15, 0.2) is 29.3 Å². The molecule has 0 aliphatic carbocycles. The lowest BCUT2D eigenvalue weighted by Gasteiger charge is -2.21. The lowest BCUT2D eigenvalue weighted by molar-refractivity contribution is -0.131. The van der Waals surface area contributed by atoms with Gasteiger partial charge in [-0.2, -0.15) is 0 Å². The van der Waals surface area contributed by atoms with Gasteiger partial charge in [-0.25, -0.2) is 0 Å². The second-order valence-electron chi connectivity index (χ2n) is 7.77. The Morgan fingerprint density at radius 1 is 1.29 bits per heavy atom. The van der Waals surface area contributed by atoms with Gasteiger partial charge in [-0.05, 0) is 24.6 Å². The van der Waals surface area contributed by atoms with Crippen molar-refractivity contribution in [1.29, 1.82) is 0 Å². The first-order valence-electron chi connectivity index (χ1n) is 9.03. The molecular formula is C20H24N2O5S. The second kappa shape index (κ2) is 7.87. The quantitative estimate of drug-likeness (QED) is 0.760. The largest absolute Gasteiger partial charge is 0.454 e. The molecule has 2 aliphatic rings. The number of hydrogen-bond donors (Lipinski definition) is 1. The first-order valence-corrected chi connectivity index (χ1v) is 10.0. The average molecular weight is 404 g/mol. The van der Waals surface area contributed by atoms with Crippen molar-refractivity contribution in [2.24, 2.45) is 5.41 Å². The fraction of sp³-hybridized carbons (Fsp3) is 0.450. The van der Waals surface area contributed by atoms with Crippen LogP contribution in [0.2, 0.25) is 0 Å². The molecule has 0 bridgehead atoms. The Bertz CT molecular complexity index is 843. The minimum atomic E-state index is -0.541. The fourth-order valence-corrected chi connectivity index (χ4v) is 3.67. The van der Waals surface area contributed by atoms with Crippen molar-refractivity contribution in [2.75, 3.05) is 19.1 Å². The van der Waals surface area contributed by atoms with Gasteiger partial charge in [0, 0.05) is 11.5 Å². The first-order chi connectivity index (χ1) is 13.1. The number of allylic oxidation sites excluding steroid dienone is 1. The molecule has 1 fully saturated rings. The summed E-state index contributed by atoms with van der Waals surface area (Å²) in [7, 11) is 0. The minimum Gasteiger partial charge on any atom is -0.454 e. The van der Waals surface area contributed by atoms with E-state index in [4.69, 9.17) is 9.47 Å². The molecule has 1 aromatic carbocycles. The molecule has 1 atom stereocenters. The SMILES string of the molecule is C[C@@H](NC(=O)CN1C(=O)CS/C1=C\C(=O)C(C)(C)C)c1ccc2c(c1)OCO2. The van der Waals surface area contributed by atoms with Gasteiger partial charge in [0.1, 0.15) is 6.54 Å². The van der Waals surface area contributed by atoms with Crippen molar-refractivity contribution in [3.8, 4) is 11.5 Å². The zero-order valence-electron chi connectivity index (χ0n) is 16.4. The molecular weight excluding hydrogens is 380 g/mol. The van der Waals surface area contributed by atoms with Crippen LogP contribution in [-0.2, 0) is 14.4 Å². The molecule has 8 heteroatoms. The van der Waals surface area contributed by atoms with Gasteiger partial charge in [-0.15, -0.1) is 0 Å². The summed E-state index contributed by atoms with van der Waals surface area (Å²) in [6.07, 6.45) is 1.46. The predicted octanol–water partition coefficient (Wildman–Crippen LogP) is 2.62. The molecule has 1 aromatic rings. The molecule has 0 spiro atoms. The van der Waals surface area contributed by atoms with Gasteiger partial charge in [-0.3, -0.25) is 19.3 Å². The Morgan fingerprint density at radius 2 is 2.00 bits per heavy atom. The van der Waals surface area contributed by atoms with Crippen LogP contribution < -0.4 is 14.8 Å². The van der Waals surface area contributed by atoms with E-state index in [9.17, 15) is 14.4 Å². The number of ketones is 1. The molecule has 3 rings (SSSR count). The van der Waals surface area contributed by atoms with Crippen molar-refractivity contribution >= 4 is 29.4 Å². The number of benzene rings is 1. The molecule has 0 aromatic heterocycles. The summed E-state index contributed by atoms with van der Waals surface area (Å²) < 4.78 is 10.7. The molecule has 2 heterocycles. The number of thioether (sulfide) groups is 1. The summed E-state index contributed by atoms with van der Waals surface area (Å²) in [6, 6.07) is 5.23. The Labute approximate surface area is 168 Å². The van der Waals surface area contributed by atoms with E-state index in [-0.39, 0.29) is 42.7 Å². The van der Waals surface area contributed by atoms with Gasteiger partial charge in [0.2, 0.25) is 18.6 Å². The standard InChI is InChI=1S/C20H24N2O5S/c1-12(13-5-6-14-15(7-13)27-11-26-14)21-17(24)9-22-18(25)10-28-19(22)8-16(23)20(2,3)4/h5-8,12H,9-11H2,1-4H3,(H,21,24)/b19-8-/t12-/m1/s1. The number of amides is 2. The summed E-state index contributed by atoms with van der Waals surface area (Å²) in [5, 5.41) is 3.41. The Hall–Kier alpha value is -2.48. The molecule has 1 N–H and O–H groups in total. The molecule has 0 saturated carbocycles. The lowest BCUT2D eigenvalue weighted by atomic mass is 9.91. The first kappa shape index (κ1) is 20.3. The molecule has 150 valence electrons. The smallest absolute Gasteiger partial charge is 0.240 e. The van der Waals surface area contributed by atoms with E-state index in [1.165, 1.54) is 22.7 Å². The Kier molecular flexibility index (Phi) is 5.69. The van der Waals surface area contributed by atoms with Crippen LogP contribution in [0.5, 0.6) is 11.5 Å². The van der Waals surface area contributed by atoms with Crippen molar-refractivity contribution in [3.05, 3.63) is 34.9 Å². The highest BCUT2D eigenvalue weighted by molar-refractivity contribution is 8.04. The third-order valence-electron chi connectivity index (χ3n) is 4.48. The molecule has 0 unspecified atom stereocenters. The molecule has 2 amide bonds. The highest BCUT2D eigenvalue weighted by Crippen LogP contribution is 2.34. The maximum absolute atomic E-state index is 12.5. The number of rotatable bonds is 5. The number of nitrogens with one attached hydrogen (secondary N) is 1. The van der Waals surface area contributed by atoms with E-state index in [1.54, 1.807) is 6.07 Å². The molecule has 28 heavy (non-hydrogen) atoms. The maximum atomic E-state index is 12.5. The fourth-order valence-electron chi connectivity index (χ4n) is 2.73. The van der Waals surface area contributed by atoms with Gasteiger partial charge in [0.15, 0.2) is 17.3 Å². The van der Waals surface area contributed by atoms with Crippen molar-refractivity contribution in [3.63, 3.8) is 0 Å². The summed E-state index contributed by atoms with van der Waals surface area (Å²) >= 11 is 1.28. The maximum Gasteiger partial charge on any atom is 0.240 e. The van der Waals surface area contributed by atoms with E-state index in [2.05, 4.69) is 5.32 Å². The average Bonchev–Trinajstić information content (AvgIpc) is 3.21. The van der Waals surface area contributed by atoms with Crippen molar-refractivity contribution in [2.45, 2.75) is 33.7 Å². The predicted molar refractivity (Wildman–Crippen MR) is 106 cm³/mol. The van der Waals surface area contributed by atoms with E-state index in [0.29, 0.717) is 16.5 Å². The third-order valence-corrected chi connectivity index (χ3v) is 5.51. The molecule has 2 aliphatic heterocycles. The van der Waals surface area contributed by atoms with Gasteiger partial charge < -0.3 is 14.8 Å². The summed E-state index contributed by atoms with van der Waals surface area (Å²) in [6.45, 7) is 7.38. The zero-order chi connectivity index (χ0) is 20.5. The topological polar surface area (TPSA) is 84.9 Å². The van der Waals surface area contributed by atoms with Gasteiger partial charge >= 0.3 is 0 Å². The number of hydrogen-bond acceptors (Lipinski definition) is 6. The monoisotopic (exact) mass is 404 g/mol.